The molecule has 0 aliphatic rings. The average molecular weight is 490 g/mol. The number of hydrogen-bond donors (Lipinski definition) is 5. The molecule has 3 aromatic carbocycles. The van der Waals surface area contributed by atoms with E-state index in [4.69, 9.17) is 20.6 Å². The van der Waals surface area contributed by atoms with Crippen LogP contribution in [0.25, 0.3) is 11.3 Å². The highest BCUT2D eigenvalue weighted by atomic mass is 19.1. The summed E-state index contributed by atoms with van der Waals surface area (Å²) in [5.41, 5.74) is 9.52. The van der Waals surface area contributed by atoms with Crippen LogP contribution in [0.4, 0.5) is 10.1 Å². The Balaban J connectivity index is 1.78. The van der Waals surface area contributed by atoms with E-state index in [0.29, 0.717) is 29.4 Å². The summed E-state index contributed by atoms with van der Waals surface area (Å²) in [6.07, 6.45) is 1.68. The van der Waals surface area contributed by atoms with Gasteiger partial charge < -0.3 is 30.6 Å². The van der Waals surface area contributed by atoms with E-state index >= 15 is 4.39 Å². The molecule has 9 heteroatoms. The quantitative estimate of drug-likeness (QED) is 0.164. The standard InChI is InChI=1S/C27H28FN5O3/c1-3-36-20-12-21(24(28)23(13-20)35-2)25(32-19-10-8-18(9-11-19)26(29)30)27-31-14-22(33-27)17-6-4-16(15-34)5-7-17/h4-14,25,32,34H,3,15H2,1-2H3,(H3,29,30)(H,31,33). The Bertz CT molecular complexity index is 1340. The second-order valence-electron chi connectivity index (χ2n) is 8.07. The minimum absolute atomic E-state index is 0.0406. The van der Waals surface area contributed by atoms with Crippen LogP contribution >= 0.6 is 0 Å². The highest BCUT2D eigenvalue weighted by molar-refractivity contribution is 5.95. The van der Waals surface area contributed by atoms with Crippen molar-refractivity contribution >= 4 is 11.5 Å². The number of anilines is 1. The minimum atomic E-state index is -0.729. The number of H-pyrrole nitrogens is 1. The number of aliphatic hydroxyl groups excluding tert-OH is 1. The number of halogens is 1. The van der Waals surface area contributed by atoms with Crippen LogP contribution in [0.2, 0.25) is 0 Å². The highest BCUT2D eigenvalue weighted by Gasteiger charge is 2.25. The zero-order valence-electron chi connectivity index (χ0n) is 20.0. The molecule has 0 spiro atoms. The molecule has 0 aliphatic heterocycles. The van der Waals surface area contributed by atoms with Gasteiger partial charge in [-0.1, -0.05) is 24.3 Å². The predicted molar refractivity (Wildman–Crippen MR) is 137 cm³/mol. The Morgan fingerprint density at radius 3 is 2.50 bits per heavy atom. The summed E-state index contributed by atoms with van der Waals surface area (Å²) in [5.74, 6) is 0.420. The molecular formula is C27H28FN5O3. The van der Waals surface area contributed by atoms with Gasteiger partial charge in [-0.3, -0.25) is 5.41 Å². The van der Waals surface area contributed by atoms with Crippen molar-refractivity contribution in [2.45, 2.75) is 19.6 Å². The first-order chi connectivity index (χ1) is 17.4. The number of methoxy groups -OCH3 is 1. The van der Waals surface area contributed by atoms with Crippen molar-refractivity contribution < 1.29 is 19.0 Å². The van der Waals surface area contributed by atoms with Crippen molar-refractivity contribution in [1.29, 1.82) is 5.41 Å². The van der Waals surface area contributed by atoms with E-state index in [0.717, 1.165) is 16.8 Å². The largest absolute Gasteiger partial charge is 0.494 e. The smallest absolute Gasteiger partial charge is 0.171 e. The molecule has 1 heterocycles. The van der Waals surface area contributed by atoms with Crippen LogP contribution < -0.4 is 20.5 Å². The van der Waals surface area contributed by atoms with Crippen molar-refractivity contribution in [1.82, 2.24) is 9.97 Å². The number of nitrogens with two attached hydrogens (primary N) is 1. The molecule has 36 heavy (non-hydrogen) atoms. The molecule has 0 saturated heterocycles. The molecule has 0 fully saturated rings. The van der Waals surface area contributed by atoms with Crippen molar-refractivity contribution in [3.63, 3.8) is 0 Å². The number of rotatable bonds is 10. The number of nitrogens with one attached hydrogen (secondary N) is 3. The molecule has 0 amide bonds. The molecule has 1 aromatic heterocycles. The van der Waals surface area contributed by atoms with Gasteiger partial charge in [-0.2, -0.15) is 0 Å². The number of amidine groups is 1. The van der Waals surface area contributed by atoms with E-state index in [9.17, 15) is 5.11 Å². The van der Waals surface area contributed by atoms with Gasteiger partial charge in [0, 0.05) is 22.9 Å². The van der Waals surface area contributed by atoms with Gasteiger partial charge in [0.15, 0.2) is 11.6 Å². The molecule has 0 saturated carbocycles. The maximum Gasteiger partial charge on any atom is 0.171 e. The van der Waals surface area contributed by atoms with E-state index in [1.165, 1.54) is 13.2 Å². The van der Waals surface area contributed by atoms with Crippen LogP contribution in [0.15, 0.2) is 66.9 Å². The van der Waals surface area contributed by atoms with Crippen LogP contribution in [0.1, 0.15) is 35.5 Å². The van der Waals surface area contributed by atoms with E-state index in [-0.39, 0.29) is 23.8 Å². The second kappa shape index (κ2) is 10.9. The zero-order valence-corrected chi connectivity index (χ0v) is 20.0. The fourth-order valence-corrected chi connectivity index (χ4v) is 3.83. The van der Waals surface area contributed by atoms with E-state index < -0.39 is 11.9 Å². The maximum absolute atomic E-state index is 15.6. The SMILES string of the molecule is CCOc1cc(OC)c(F)c(C(Nc2ccc(C(=N)N)cc2)c2ncc(-c3ccc(CO)cc3)[nH]2)c1. The number of nitrogen functional groups attached to an aromatic ring is 1. The van der Waals surface area contributed by atoms with Crippen molar-refractivity contribution in [3.05, 3.63) is 95.2 Å². The molecule has 0 radical (unpaired) electrons. The van der Waals surface area contributed by atoms with Crippen molar-refractivity contribution in [2.24, 2.45) is 5.73 Å². The van der Waals surface area contributed by atoms with E-state index in [2.05, 4.69) is 15.3 Å². The lowest BCUT2D eigenvalue weighted by molar-refractivity contribution is 0.282. The van der Waals surface area contributed by atoms with Crippen molar-refractivity contribution in [2.75, 3.05) is 19.0 Å². The zero-order chi connectivity index (χ0) is 25.7. The Morgan fingerprint density at radius 2 is 1.89 bits per heavy atom. The summed E-state index contributed by atoms with van der Waals surface area (Å²) in [5, 5.41) is 20.3. The van der Waals surface area contributed by atoms with Crippen LogP contribution in [0.3, 0.4) is 0 Å². The van der Waals surface area contributed by atoms with Gasteiger partial charge in [0.05, 0.1) is 32.2 Å². The van der Waals surface area contributed by atoms with Crippen LogP contribution in [0, 0.1) is 11.2 Å². The summed E-state index contributed by atoms with van der Waals surface area (Å²) in [6, 6.07) is 16.8. The lowest BCUT2D eigenvalue weighted by Gasteiger charge is -2.21. The highest BCUT2D eigenvalue weighted by Crippen LogP contribution is 2.35. The summed E-state index contributed by atoms with van der Waals surface area (Å²) in [6.45, 7) is 2.22. The molecule has 8 nitrogen and oxygen atoms in total. The Labute approximate surface area is 208 Å². The fraction of sp³-hybridized carbons (Fsp3) is 0.185. The summed E-state index contributed by atoms with van der Waals surface area (Å²) in [4.78, 5) is 7.85. The number of aromatic amines is 1. The van der Waals surface area contributed by atoms with Crippen LogP contribution in [-0.2, 0) is 6.61 Å². The van der Waals surface area contributed by atoms with E-state index in [1.54, 1.807) is 36.5 Å². The number of nitrogens with zero attached hydrogens (tertiary/aromatic N) is 1. The minimum Gasteiger partial charge on any atom is -0.494 e. The average Bonchev–Trinajstić information content (AvgIpc) is 3.39. The second-order valence-corrected chi connectivity index (χ2v) is 8.07. The topological polar surface area (TPSA) is 129 Å². The lowest BCUT2D eigenvalue weighted by atomic mass is 10.0. The third kappa shape index (κ3) is 5.31. The van der Waals surface area contributed by atoms with Crippen molar-refractivity contribution in [3.8, 4) is 22.8 Å². The fourth-order valence-electron chi connectivity index (χ4n) is 3.83. The Kier molecular flexibility index (Phi) is 7.50. The first-order valence-corrected chi connectivity index (χ1v) is 11.4. The molecule has 0 aliphatic carbocycles. The molecule has 0 bridgehead atoms. The number of aromatic nitrogens is 2. The third-order valence-corrected chi connectivity index (χ3v) is 5.71. The van der Waals surface area contributed by atoms with Crippen LogP contribution in [-0.4, -0.2) is 34.6 Å². The van der Waals surface area contributed by atoms with Gasteiger partial charge in [0.25, 0.3) is 0 Å². The summed E-state index contributed by atoms with van der Waals surface area (Å²) >= 11 is 0. The number of ether oxygens (including phenoxy) is 2. The molecule has 6 N–H and O–H groups in total. The molecular weight excluding hydrogens is 461 g/mol. The van der Waals surface area contributed by atoms with Gasteiger partial charge >= 0.3 is 0 Å². The maximum atomic E-state index is 15.6. The van der Waals surface area contributed by atoms with Crippen LogP contribution in [0.5, 0.6) is 11.5 Å². The normalized spacial score (nSPS) is 11.7. The summed E-state index contributed by atoms with van der Waals surface area (Å²) < 4.78 is 26.5. The van der Waals surface area contributed by atoms with Gasteiger partial charge in [-0.15, -0.1) is 0 Å². The van der Waals surface area contributed by atoms with E-state index in [1.807, 2.05) is 31.2 Å². The number of hydrogen-bond acceptors (Lipinski definition) is 6. The van der Waals surface area contributed by atoms with Gasteiger partial charge in [0.2, 0.25) is 0 Å². The summed E-state index contributed by atoms with van der Waals surface area (Å²) in [7, 11) is 1.40. The molecule has 1 atom stereocenters. The van der Waals surface area contributed by atoms with Gasteiger partial charge in [0.1, 0.15) is 23.5 Å². The number of imidazole rings is 1. The molecule has 4 rings (SSSR count). The molecule has 1 unspecified atom stereocenters. The number of aliphatic hydroxyl groups is 1. The predicted octanol–water partition coefficient (Wildman–Crippen LogP) is 4.60. The number of benzene rings is 3. The third-order valence-electron chi connectivity index (χ3n) is 5.71. The van der Waals surface area contributed by atoms with Gasteiger partial charge in [-0.05, 0) is 48.4 Å². The first-order valence-electron chi connectivity index (χ1n) is 11.4. The lowest BCUT2D eigenvalue weighted by Crippen LogP contribution is -2.17. The molecule has 186 valence electrons. The molecule has 4 aromatic rings. The first kappa shape index (κ1) is 24.7. The Hall–Kier alpha value is -4.37. The Morgan fingerprint density at radius 1 is 1.17 bits per heavy atom. The van der Waals surface area contributed by atoms with Gasteiger partial charge in [-0.25, -0.2) is 9.37 Å². The monoisotopic (exact) mass is 489 g/mol.